The number of aryl methyl sites for hydroxylation is 2. The third-order valence-corrected chi connectivity index (χ3v) is 4.10. The molecule has 0 saturated carbocycles. The van der Waals surface area contributed by atoms with Crippen molar-refractivity contribution in [1.29, 1.82) is 0 Å². The molecule has 2 aromatic rings. The smallest absolute Gasteiger partial charge is 0.251 e. The van der Waals surface area contributed by atoms with Gasteiger partial charge in [-0.15, -0.1) is 0 Å². The Morgan fingerprint density at radius 1 is 1.30 bits per heavy atom. The third-order valence-electron chi connectivity index (χ3n) is 3.46. The maximum atomic E-state index is 12.1. The molecule has 106 valence electrons. The zero-order chi connectivity index (χ0) is 14.7. The zero-order valence-electron chi connectivity index (χ0n) is 11.9. The van der Waals surface area contributed by atoms with Gasteiger partial charge >= 0.3 is 0 Å². The maximum Gasteiger partial charge on any atom is 0.251 e. The van der Waals surface area contributed by atoms with Crippen molar-refractivity contribution in [2.45, 2.75) is 25.7 Å². The Balaban J connectivity index is 2.04. The van der Waals surface area contributed by atoms with Crippen LogP contribution < -0.4 is 5.32 Å². The minimum Gasteiger partial charge on any atom is -0.348 e. The predicted molar refractivity (Wildman–Crippen MR) is 82.9 cm³/mol. The molecular formula is C15H18BrN3O. The summed E-state index contributed by atoms with van der Waals surface area (Å²) in [5.41, 5.74) is 4.95. The molecule has 0 atom stereocenters. The fourth-order valence-electron chi connectivity index (χ4n) is 2.09. The highest BCUT2D eigenvalue weighted by Gasteiger charge is 2.11. The molecule has 2 rings (SSSR count). The van der Waals surface area contributed by atoms with Crippen LogP contribution in [0.5, 0.6) is 0 Å². The summed E-state index contributed by atoms with van der Waals surface area (Å²) < 4.78 is 1.83. The molecule has 5 heteroatoms. The van der Waals surface area contributed by atoms with E-state index in [1.807, 2.05) is 49.8 Å². The van der Waals surface area contributed by atoms with Crippen molar-refractivity contribution in [2.75, 3.05) is 0 Å². The van der Waals surface area contributed by atoms with Crippen LogP contribution in [0.2, 0.25) is 0 Å². The van der Waals surface area contributed by atoms with Crippen molar-refractivity contribution in [3.05, 3.63) is 52.3 Å². The number of carbonyl (C=O) groups is 1. The molecule has 1 amide bonds. The van der Waals surface area contributed by atoms with Crippen LogP contribution in [0.3, 0.4) is 0 Å². The van der Waals surface area contributed by atoms with E-state index in [0.29, 0.717) is 12.1 Å². The molecule has 1 N–H and O–H groups in total. The molecule has 1 aromatic heterocycles. The van der Waals surface area contributed by atoms with Crippen molar-refractivity contribution < 1.29 is 4.79 Å². The van der Waals surface area contributed by atoms with Crippen LogP contribution in [-0.2, 0) is 18.9 Å². The minimum absolute atomic E-state index is 0.0613. The Bertz CT molecular complexity index is 617. The molecule has 0 spiro atoms. The fraction of sp³-hybridized carbons (Fsp3) is 0.333. The highest BCUT2D eigenvalue weighted by molar-refractivity contribution is 9.08. The Labute approximate surface area is 127 Å². The second-order valence-corrected chi connectivity index (χ2v) is 5.35. The molecule has 0 saturated heterocycles. The summed E-state index contributed by atoms with van der Waals surface area (Å²) in [6, 6.07) is 7.58. The lowest BCUT2D eigenvalue weighted by molar-refractivity contribution is 0.0951. The number of amides is 1. The molecule has 0 fully saturated rings. The first-order valence-corrected chi connectivity index (χ1v) is 7.57. The van der Waals surface area contributed by atoms with Crippen molar-refractivity contribution in [1.82, 2.24) is 15.1 Å². The van der Waals surface area contributed by atoms with E-state index in [-0.39, 0.29) is 5.91 Å². The van der Waals surface area contributed by atoms with E-state index in [1.54, 1.807) is 0 Å². The van der Waals surface area contributed by atoms with Crippen LogP contribution in [0.15, 0.2) is 24.3 Å². The number of nitrogens with one attached hydrogen (secondary N) is 1. The molecule has 1 heterocycles. The number of benzene rings is 1. The molecule has 0 bridgehead atoms. The quantitative estimate of drug-likeness (QED) is 0.873. The highest BCUT2D eigenvalue weighted by Crippen LogP contribution is 2.12. The first kappa shape index (κ1) is 14.8. The number of aromatic nitrogens is 2. The largest absolute Gasteiger partial charge is 0.348 e. The van der Waals surface area contributed by atoms with Crippen LogP contribution in [0.4, 0.5) is 0 Å². The van der Waals surface area contributed by atoms with Gasteiger partial charge in [-0.2, -0.15) is 5.10 Å². The van der Waals surface area contributed by atoms with E-state index in [2.05, 4.69) is 26.3 Å². The normalized spacial score (nSPS) is 10.6. The molecule has 4 nitrogen and oxygen atoms in total. The van der Waals surface area contributed by atoms with E-state index in [0.717, 1.165) is 27.8 Å². The van der Waals surface area contributed by atoms with Crippen LogP contribution >= 0.6 is 15.9 Å². The lowest BCUT2D eigenvalue weighted by atomic mass is 10.1. The van der Waals surface area contributed by atoms with E-state index < -0.39 is 0 Å². The summed E-state index contributed by atoms with van der Waals surface area (Å²) in [7, 11) is 1.91. The monoisotopic (exact) mass is 335 g/mol. The summed E-state index contributed by atoms with van der Waals surface area (Å²) in [5, 5.41) is 8.08. The third kappa shape index (κ3) is 3.10. The second kappa shape index (κ2) is 6.22. The first-order chi connectivity index (χ1) is 9.52. The van der Waals surface area contributed by atoms with Gasteiger partial charge in [0, 0.05) is 35.7 Å². The Kier molecular flexibility index (Phi) is 4.60. The van der Waals surface area contributed by atoms with Crippen LogP contribution in [-0.4, -0.2) is 15.7 Å². The summed E-state index contributed by atoms with van der Waals surface area (Å²) in [4.78, 5) is 12.1. The van der Waals surface area contributed by atoms with Crippen LogP contribution in [0, 0.1) is 13.8 Å². The Morgan fingerprint density at radius 2 is 1.95 bits per heavy atom. The SMILES string of the molecule is Cc1nn(C)c(C)c1CNC(=O)c1ccc(CBr)cc1. The molecule has 0 aliphatic carbocycles. The summed E-state index contributed by atoms with van der Waals surface area (Å²) in [5.74, 6) is -0.0613. The lowest BCUT2D eigenvalue weighted by Gasteiger charge is -2.06. The maximum absolute atomic E-state index is 12.1. The second-order valence-electron chi connectivity index (χ2n) is 4.79. The molecule has 0 aliphatic rings. The lowest BCUT2D eigenvalue weighted by Crippen LogP contribution is -2.23. The van der Waals surface area contributed by atoms with E-state index in [4.69, 9.17) is 0 Å². The van der Waals surface area contributed by atoms with Gasteiger partial charge < -0.3 is 5.32 Å². The van der Waals surface area contributed by atoms with Gasteiger partial charge in [0.25, 0.3) is 5.91 Å². The number of nitrogens with zero attached hydrogens (tertiary/aromatic N) is 2. The number of hydrogen-bond donors (Lipinski definition) is 1. The van der Waals surface area contributed by atoms with Crippen molar-refractivity contribution >= 4 is 21.8 Å². The first-order valence-electron chi connectivity index (χ1n) is 6.45. The molecule has 20 heavy (non-hydrogen) atoms. The van der Waals surface area contributed by atoms with Gasteiger partial charge in [0.05, 0.1) is 5.69 Å². The van der Waals surface area contributed by atoms with Gasteiger partial charge in [0.15, 0.2) is 0 Å². The van der Waals surface area contributed by atoms with Crippen LogP contribution in [0.25, 0.3) is 0 Å². The number of carbonyl (C=O) groups excluding carboxylic acids is 1. The summed E-state index contributed by atoms with van der Waals surface area (Å²) >= 11 is 3.39. The van der Waals surface area contributed by atoms with Gasteiger partial charge in [0.2, 0.25) is 0 Å². The number of halogens is 1. The molecule has 0 aliphatic heterocycles. The standard InChI is InChI=1S/C15H18BrN3O/c1-10-14(11(2)19(3)18-10)9-17-15(20)13-6-4-12(8-16)5-7-13/h4-7H,8-9H2,1-3H3,(H,17,20). The topological polar surface area (TPSA) is 46.9 Å². The molecule has 0 radical (unpaired) electrons. The fourth-order valence-corrected chi connectivity index (χ4v) is 2.46. The van der Waals surface area contributed by atoms with Gasteiger partial charge in [-0.1, -0.05) is 28.1 Å². The van der Waals surface area contributed by atoms with Gasteiger partial charge in [-0.05, 0) is 31.5 Å². The minimum atomic E-state index is -0.0613. The molecule has 0 unspecified atom stereocenters. The average molecular weight is 336 g/mol. The van der Waals surface area contributed by atoms with Gasteiger partial charge in [-0.25, -0.2) is 0 Å². The van der Waals surface area contributed by atoms with Gasteiger partial charge in [-0.3, -0.25) is 9.48 Å². The number of alkyl halides is 1. The molecular weight excluding hydrogens is 318 g/mol. The number of hydrogen-bond acceptors (Lipinski definition) is 2. The Morgan fingerprint density at radius 3 is 2.45 bits per heavy atom. The molecule has 1 aromatic carbocycles. The van der Waals surface area contributed by atoms with Crippen LogP contribution in [0.1, 0.15) is 32.9 Å². The number of rotatable bonds is 4. The van der Waals surface area contributed by atoms with Gasteiger partial charge in [0.1, 0.15) is 0 Å². The van der Waals surface area contributed by atoms with E-state index >= 15 is 0 Å². The Hall–Kier alpha value is -1.62. The van der Waals surface area contributed by atoms with Crippen molar-refractivity contribution in [3.63, 3.8) is 0 Å². The zero-order valence-corrected chi connectivity index (χ0v) is 13.5. The van der Waals surface area contributed by atoms with Crippen molar-refractivity contribution in [3.8, 4) is 0 Å². The van der Waals surface area contributed by atoms with E-state index in [1.165, 1.54) is 0 Å². The van der Waals surface area contributed by atoms with E-state index in [9.17, 15) is 4.79 Å². The highest BCUT2D eigenvalue weighted by atomic mass is 79.9. The predicted octanol–water partition coefficient (Wildman–Crippen LogP) is 2.86. The average Bonchev–Trinajstić information content (AvgIpc) is 2.70. The summed E-state index contributed by atoms with van der Waals surface area (Å²) in [6.45, 7) is 4.47. The van der Waals surface area contributed by atoms with Crippen molar-refractivity contribution in [2.24, 2.45) is 7.05 Å². The summed E-state index contributed by atoms with van der Waals surface area (Å²) in [6.07, 6.45) is 0.